The van der Waals surface area contributed by atoms with Crippen LogP contribution in [0.25, 0.3) is 0 Å². The number of nitrogens with one attached hydrogen (secondary N) is 1. The van der Waals surface area contributed by atoms with Crippen molar-refractivity contribution in [1.82, 2.24) is 0 Å². The highest BCUT2D eigenvalue weighted by atomic mass is 32.2. The van der Waals surface area contributed by atoms with Gasteiger partial charge in [0.25, 0.3) is 0 Å². The fourth-order valence-corrected chi connectivity index (χ4v) is 4.10. The molecule has 0 spiro atoms. The van der Waals surface area contributed by atoms with Crippen molar-refractivity contribution in [2.75, 3.05) is 16.0 Å². The van der Waals surface area contributed by atoms with E-state index in [4.69, 9.17) is 12.2 Å². The van der Waals surface area contributed by atoms with Crippen LogP contribution in [0.1, 0.15) is 0 Å². The summed E-state index contributed by atoms with van der Waals surface area (Å²) in [4.78, 5) is 1.84. The van der Waals surface area contributed by atoms with Crippen LogP contribution in [-0.4, -0.2) is 25.3 Å². The Morgan fingerprint density at radius 1 is 1.04 bits per heavy atom. The Balaban J connectivity index is 1.90. The molecule has 0 saturated heterocycles. The summed E-state index contributed by atoms with van der Waals surface area (Å²) in [6.45, 7) is 0. The van der Waals surface area contributed by atoms with E-state index in [1.54, 1.807) is 6.08 Å². The standard InChI is InChI=1S/C17H16N2O2S2/c20-23(21)12-11-16(13-23)19(15-9-5-2-6-10-15)17(22)18-14-7-3-1-4-8-14/h1-12,16H,13H2,(H,18,22)/t16-/m1/s1. The van der Waals surface area contributed by atoms with Gasteiger partial charge in [-0.25, -0.2) is 8.42 Å². The van der Waals surface area contributed by atoms with Crippen molar-refractivity contribution in [3.63, 3.8) is 0 Å². The van der Waals surface area contributed by atoms with Gasteiger partial charge < -0.3 is 10.2 Å². The maximum Gasteiger partial charge on any atom is 0.178 e. The third-order valence-electron chi connectivity index (χ3n) is 3.52. The molecule has 23 heavy (non-hydrogen) atoms. The lowest BCUT2D eigenvalue weighted by Gasteiger charge is -2.30. The second kappa shape index (κ2) is 6.52. The van der Waals surface area contributed by atoms with Crippen LogP contribution in [0.5, 0.6) is 0 Å². The van der Waals surface area contributed by atoms with Crippen LogP contribution in [-0.2, 0) is 9.84 Å². The number of nitrogens with zero attached hydrogens (tertiary/aromatic N) is 1. The number of hydrogen-bond acceptors (Lipinski definition) is 3. The largest absolute Gasteiger partial charge is 0.332 e. The normalized spacial score (nSPS) is 18.5. The molecular formula is C17H16N2O2S2. The molecule has 3 rings (SSSR count). The lowest BCUT2D eigenvalue weighted by atomic mass is 10.2. The van der Waals surface area contributed by atoms with Gasteiger partial charge in [-0.15, -0.1) is 0 Å². The summed E-state index contributed by atoms with van der Waals surface area (Å²) in [6.07, 6.45) is 1.68. The predicted octanol–water partition coefficient (Wildman–Crippen LogP) is 3.20. The second-order valence-electron chi connectivity index (χ2n) is 5.23. The minimum absolute atomic E-state index is 0.0263. The third-order valence-corrected chi connectivity index (χ3v) is 5.20. The van der Waals surface area contributed by atoms with Crippen LogP contribution in [0.15, 0.2) is 72.1 Å². The van der Waals surface area contributed by atoms with E-state index < -0.39 is 9.84 Å². The molecule has 4 nitrogen and oxygen atoms in total. The molecule has 0 saturated carbocycles. The zero-order valence-corrected chi connectivity index (χ0v) is 13.9. The summed E-state index contributed by atoms with van der Waals surface area (Å²) in [6, 6.07) is 18.8. The number of thiocarbonyl (C=S) groups is 1. The first-order valence-electron chi connectivity index (χ1n) is 7.16. The molecule has 6 heteroatoms. The van der Waals surface area contributed by atoms with E-state index in [1.807, 2.05) is 65.6 Å². The molecule has 1 aliphatic heterocycles. The molecule has 0 unspecified atom stereocenters. The summed E-state index contributed by atoms with van der Waals surface area (Å²) in [5.41, 5.74) is 1.72. The topological polar surface area (TPSA) is 49.4 Å². The quantitative estimate of drug-likeness (QED) is 0.867. The SMILES string of the molecule is O=S1(=O)C=C[C@@H](N(C(=S)Nc2ccccc2)c2ccccc2)C1. The highest BCUT2D eigenvalue weighted by Crippen LogP contribution is 2.23. The Labute approximate surface area is 141 Å². The first-order valence-corrected chi connectivity index (χ1v) is 9.29. The van der Waals surface area contributed by atoms with Gasteiger partial charge in [-0.1, -0.05) is 36.4 Å². The van der Waals surface area contributed by atoms with Gasteiger partial charge in [0.2, 0.25) is 0 Å². The monoisotopic (exact) mass is 344 g/mol. The fourth-order valence-electron chi connectivity index (χ4n) is 2.47. The zero-order valence-electron chi connectivity index (χ0n) is 12.3. The Bertz CT molecular complexity index is 818. The number of sulfone groups is 1. The highest BCUT2D eigenvalue weighted by molar-refractivity contribution is 7.94. The first kappa shape index (κ1) is 15.7. The van der Waals surface area contributed by atoms with Gasteiger partial charge in [-0.05, 0) is 42.6 Å². The van der Waals surface area contributed by atoms with E-state index in [1.165, 1.54) is 5.41 Å². The van der Waals surface area contributed by atoms with Crippen molar-refractivity contribution >= 4 is 38.5 Å². The molecule has 0 aliphatic carbocycles. The molecule has 1 atom stereocenters. The van der Waals surface area contributed by atoms with Gasteiger partial charge in [0.15, 0.2) is 14.9 Å². The fraction of sp³-hybridized carbons (Fsp3) is 0.118. The highest BCUT2D eigenvalue weighted by Gasteiger charge is 2.29. The van der Waals surface area contributed by atoms with E-state index in [0.29, 0.717) is 5.11 Å². The lowest BCUT2D eigenvalue weighted by Crippen LogP contribution is -2.43. The second-order valence-corrected chi connectivity index (χ2v) is 7.55. The molecule has 2 aromatic carbocycles. The molecule has 118 valence electrons. The summed E-state index contributed by atoms with van der Waals surface area (Å²) in [5.74, 6) is 0.0263. The van der Waals surface area contributed by atoms with Crippen molar-refractivity contribution in [2.45, 2.75) is 6.04 Å². The number of benzene rings is 2. The maximum atomic E-state index is 11.8. The van der Waals surface area contributed by atoms with E-state index >= 15 is 0 Å². The van der Waals surface area contributed by atoms with E-state index in [0.717, 1.165) is 11.4 Å². The van der Waals surface area contributed by atoms with E-state index in [9.17, 15) is 8.42 Å². The zero-order chi connectivity index (χ0) is 16.3. The lowest BCUT2D eigenvalue weighted by molar-refractivity contribution is 0.604. The Kier molecular flexibility index (Phi) is 4.45. The summed E-state index contributed by atoms with van der Waals surface area (Å²) < 4.78 is 23.6. The Morgan fingerprint density at radius 3 is 2.22 bits per heavy atom. The molecule has 0 amide bonds. The summed E-state index contributed by atoms with van der Waals surface area (Å²) >= 11 is 5.54. The number of hydrogen-bond donors (Lipinski definition) is 1. The van der Waals surface area contributed by atoms with Crippen molar-refractivity contribution in [3.05, 3.63) is 72.1 Å². The summed E-state index contributed by atoms with van der Waals surface area (Å²) in [7, 11) is -3.16. The van der Waals surface area contributed by atoms with Gasteiger partial charge in [0, 0.05) is 16.8 Å². The molecule has 0 bridgehead atoms. The first-order chi connectivity index (χ1) is 11.1. The van der Waals surface area contributed by atoms with Crippen LogP contribution in [0.3, 0.4) is 0 Å². The van der Waals surface area contributed by atoms with Gasteiger partial charge in [0.05, 0.1) is 11.8 Å². The Morgan fingerprint density at radius 2 is 1.65 bits per heavy atom. The van der Waals surface area contributed by atoms with Gasteiger partial charge in [-0.2, -0.15) is 0 Å². The minimum Gasteiger partial charge on any atom is -0.332 e. The third kappa shape index (κ3) is 3.78. The summed E-state index contributed by atoms with van der Waals surface area (Å²) in [5, 5.41) is 4.90. The molecule has 1 aliphatic rings. The van der Waals surface area contributed by atoms with Crippen LogP contribution in [0, 0.1) is 0 Å². The van der Waals surface area contributed by atoms with Crippen molar-refractivity contribution in [3.8, 4) is 0 Å². The van der Waals surface area contributed by atoms with Crippen LogP contribution in [0.4, 0.5) is 11.4 Å². The van der Waals surface area contributed by atoms with Crippen molar-refractivity contribution in [1.29, 1.82) is 0 Å². The molecular weight excluding hydrogens is 328 g/mol. The van der Waals surface area contributed by atoms with Crippen LogP contribution < -0.4 is 10.2 Å². The molecule has 1 heterocycles. The molecule has 0 fully saturated rings. The predicted molar refractivity (Wildman–Crippen MR) is 98.3 cm³/mol. The molecule has 1 N–H and O–H groups in total. The smallest absolute Gasteiger partial charge is 0.178 e. The van der Waals surface area contributed by atoms with E-state index in [-0.39, 0.29) is 11.8 Å². The van der Waals surface area contributed by atoms with Gasteiger partial charge in [0.1, 0.15) is 0 Å². The minimum atomic E-state index is -3.16. The molecule has 0 aromatic heterocycles. The number of anilines is 2. The number of rotatable bonds is 3. The van der Waals surface area contributed by atoms with Crippen molar-refractivity contribution < 1.29 is 8.42 Å². The van der Waals surface area contributed by atoms with Gasteiger partial charge in [-0.3, -0.25) is 0 Å². The van der Waals surface area contributed by atoms with E-state index in [2.05, 4.69) is 5.32 Å². The van der Waals surface area contributed by atoms with Crippen molar-refractivity contribution in [2.24, 2.45) is 0 Å². The maximum absolute atomic E-state index is 11.8. The Hall–Kier alpha value is -2.18. The van der Waals surface area contributed by atoms with Crippen LogP contribution in [0.2, 0.25) is 0 Å². The number of para-hydroxylation sites is 2. The van der Waals surface area contributed by atoms with Crippen LogP contribution >= 0.6 is 12.2 Å². The average molecular weight is 344 g/mol. The molecule has 2 aromatic rings. The molecule has 0 radical (unpaired) electrons. The average Bonchev–Trinajstić information content (AvgIpc) is 2.89. The van der Waals surface area contributed by atoms with Gasteiger partial charge >= 0.3 is 0 Å².